The molecule has 7 heteroatoms. The van der Waals surface area contributed by atoms with Gasteiger partial charge in [-0.1, -0.05) is 6.42 Å². The van der Waals surface area contributed by atoms with E-state index in [2.05, 4.69) is 26.9 Å². The lowest BCUT2D eigenvalue weighted by molar-refractivity contribution is 0.234. The van der Waals surface area contributed by atoms with Gasteiger partial charge < -0.3 is 15.5 Å². The van der Waals surface area contributed by atoms with Crippen molar-refractivity contribution in [3.63, 3.8) is 0 Å². The first-order valence-corrected chi connectivity index (χ1v) is 9.28. The predicted molar refractivity (Wildman–Crippen MR) is 90.4 cm³/mol. The maximum absolute atomic E-state index is 12.2. The Bertz CT molecular complexity index is 520. The topological polar surface area (TPSA) is 62.2 Å². The summed E-state index contributed by atoms with van der Waals surface area (Å²) in [6.07, 6.45) is 10.5. The van der Waals surface area contributed by atoms with Crippen molar-refractivity contribution < 1.29 is 4.79 Å². The van der Waals surface area contributed by atoms with E-state index < -0.39 is 0 Å². The fraction of sp³-hybridized carbons (Fsp3) is 0.733. The first kappa shape index (κ1) is 15.5. The van der Waals surface area contributed by atoms with Crippen molar-refractivity contribution in [3.8, 4) is 0 Å². The zero-order valence-corrected chi connectivity index (χ0v) is 14.1. The number of carbonyl (C=O) groups excluding carboxylic acids is 1. The molecule has 1 saturated carbocycles. The molecule has 1 saturated heterocycles. The molecule has 3 rings (SSSR count). The zero-order chi connectivity index (χ0) is 15.5. The first-order valence-electron chi connectivity index (χ1n) is 7.99. The number of nitrogens with one attached hydrogen (secondary N) is 2. The zero-order valence-electron chi connectivity index (χ0n) is 13.3. The van der Waals surface area contributed by atoms with E-state index in [1.165, 1.54) is 12.8 Å². The van der Waals surface area contributed by atoms with Gasteiger partial charge in [0.1, 0.15) is 0 Å². The van der Waals surface area contributed by atoms with Gasteiger partial charge in [-0.2, -0.15) is 16.9 Å². The standard InChI is InChI=1S/C15H25N5OS/c1-19-10-12(8-16-19)20-7-6-11(9-20)17-15(21)18-13-4-3-5-14(13)22-2/h8,10-11,13-14H,3-7,9H2,1-2H3,(H2,17,18,21). The van der Waals surface area contributed by atoms with Crippen molar-refractivity contribution in [1.82, 2.24) is 20.4 Å². The highest BCUT2D eigenvalue weighted by Gasteiger charge is 2.29. The molecule has 0 bridgehead atoms. The van der Waals surface area contributed by atoms with Crippen molar-refractivity contribution in [2.45, 2.75) is 43.0 Å². The fourth-order valence-corrected chi connectivity index (χ4v) is 4.39. The average Bonchev–Trinajstić information content (AvgIpc) is 3.19. The van der Waals surface area contributed by atoms with Gasteiger partial charge in [-0.05, 0) is 25.5 Å². The molecule has 1 aliphatic heterocycles. The largest absolute Gasteiger partial charge is 0.367 e. The molecule has 0 radical (unpaired) electrons. The molecule has 0 spiro atoms. The number of aryl methyl sites for hydroxylation is 1. The van der Waals surface area contributed by atoms with E-state index in [0.29, 0.717) is 11.3 Å². The number of hydrogen-bond acceptors (Lipinski definition) is 4. The lowest BCUT2D eigenvalue weighted by Crippen LogP contribution is -2.48. The van der Waals surface area contributed by atoms with E-state index in [1.807, 2.05) is 35.9 Å². The van der Waals surface area contributed by atoms with Crippen molar-refractivity contribution in [3.05, 3.63) is 12.4 Å². The third-order valence-electron chi connectivity index (χ3n) is 4.65. The molecule has 22 heavy (non-hydrogen) atoms. The van der Waals surface area contributed by atoms with Gasteiger partial charge in [-0.25, -0.2) is 4.79 Å². The van der Waals surface area contributed by atoms with Crippen LogP contribution in [0.3, 0.4) is 0 Å². The van der Waals surface area contributed by atoms with Gasteiger partial charge in [0.15, 0.2) is 0 Å². The van der Waals surface area contributed by atoms with Gasteiger partial charge in [-0.15, -0.1) is 0 Å². The normalized spacial score (nSPS) is 28.1. The summed E-state index contributed by atoms with van der Waals surface area (Å²) in [4.78, 5) is 14.5. The van der Waals surface area contributed by atoms with Crippen molar-refractivity contribution in [1.29, 1.82) is 0 Å². The molecule has 1 aromatic heterocycles. The van der Waals surface area contributed by atoms with Crippen LogP contribution in [0.1, 0.15) is 25.7 Å². The summed E-state index contributed by atoms with van der Waals surface area (Å²) < 4.78 is 1.81. The van der Waals surface area contributed by atoms with E-state index in [1.54, 1.807) is 0 Å². The number of aromatic nitrogens is 2. The molecule has 3 unspecified atom stereocenters. The van der Waals surface area contributed by atoms with Crippen molar-refractivity contribution in [2.75, 3.05) is 24.2 Å². The highest BCUT2D eigenvalue weighted by Crippen LogP contribution is 2.28. The molecular formula is C15H25N5OS. The number of amides is 2. The van der Waals surface area contributed by atoms with Gasteiger partial charge in [0.2, 0.25) is 0 Å². The number of nitrogens with zero attached hydrogens (tertiary/aromatic N) is 3. The summed E-state index contributed by atoms with van der Waals surface area (Å²) in [5.74, 6) is 0. The smallest absolute Gasteiger partial charge is 0.315 e. The van der Waals surface area contributed by atoms with Crippen molar-refractivity contribution in [2.24, 2.45) is 7.05 Å². The Morgan fingerprint density at radius 1 is 1.36 bits per heavy atom. The van der Waals surface area contributed by atoms with Crippen LogP contribution in [0.4, 0.5) is 10.5 Å². The summed E-state index contributed by atoms with van der Waals surface area (Å²) in [6.45, 7) is 1.82. The third-order valence-corrected chi connectivity index (χ3v) is 5.82. The van der Waals surface area contributed by atoms with Crippen LogP contribution >= 0.6 is 11.8 Å². The lowest BCUT2D eigenvalue weighted by Gasteiger charge is -2.21. The SMILES string of the molecule is CSC1CCCC1NC(=O)NC1CCN(c2cnn(C)c2)C1. The Kier molecular flexibility index (Phi) is 4.81. The van der Waals surface area contributed by atoms with Crippen LogP contribution in [0.15, 0.2) is 12.4 Å². The summed E-state index contributed by atoms with van der Waals surface area (Å²) in [5.41, 5.74) is 1.13. The van der Waals surface area contributed by atoms with Crippen molar-refractivity contribution >= 4 is 23.5 Å². The van der Waals surface area contributed by atoms with Gasteiger partial charge in [0.25, 0.3) is 0 Å². The van der Waals surface area contributed by atoms with E-state index >= 15 is 0 Å². The number of anilines is 1. The molecular weight excluding hydrogens is 298 g/mol. The second kappa shape index (κ2) is 6.81. The number of hydrogen-bond donors (Lipinski definition) is 2. The Labute approximate surface area is 136 Å². The molecule has 1 aromatic rings. The quantitative estimate of drug-likeness (QED) is 0.883. The number of carbonyl (C=O) groups is 1. The van der Waals surface area contributed by atoms with Gasteiger partial charge in [0.05, 0.1) is 11.9 Å². The fourth-order valence-electron chi connectivity index (χ4n) is 3.45. The molecule has 0 aromatic carbocycles. The monoisotopic (exact) mass is 323 g/mol. The Balaban J connectivity index is 1.46. The van der Waals surface area contributed by atoms with E-state index in [0.717, 1.165) is 31.6 Å². The second-order valence-corrected chi connectivity index (χ2v) is 7.31. The van der Waals surface area contributed by atoms with Crippen LogP contribution in [0.25, 0.3) is 0 Å². The number of rotatable bonds is 4. The summed E-state index contributed by atoms with van der Waals surface area (Å²) in [7, 11) is 1.92. The molecule has 122 valence electrons. The number of thioether (sulfide) groups is 1. The van der Waals surface area contributed by atoms with Crippen LogP contribution in [0.2, 0.25) is 0 Å². The van der Waals surface area contributed by atoms with E-state index in [4.69, 9.17) is 0 Å². The Morgan fingerprint density at radius 2 is 2.23 bits per heavy atom. The minimum Gasteiger partial charge on any atom is -0.367 e. The average molecular weight is 323 g/mol. The van der Waals surface area contributed by atoms with Crippen LogP contribution in [0, 0.1) is 0 Å². The highest BCUT2D eigenvalue weighted by atomic mass is 32.2. The summed E-state index contributed by atoms with van der Waals surface area (Å²) >= 11 is 1.87. The van der Waals surface area contributed by atoms with Gasteiger partial charge in [0, 0.05) is 43.7 Å². The summed E-state index contributed by atoms with van der Waals surface area (Å²) in [6, 6.07) is 0.532. The van der Waals surface area contributed by atoms with Crippen LogP contribution < -0.4 is 15.5 Å². The number of urea groups is 1. The Hall–Kier alpha value is -1.37. The molecule has 2 fully saturated rings. The first-order chi connectivity index (χ1) is 10.7. The molecule has 3 atom stereocenters. The van der Waals surface area contributed by atoms with Crippen LogP contribution in [-0.4, -0.2) is 52.5 Å². The Morgan fingerprint density at radius 3 is 2.95 bits per heavy atom. The highest BCUT2D eigenvalue weighted by molar-refractivity contribution is 7.99. The molecule has 1 aliphatic carbocycles. The maximum atomic E-state index is 12.2. The minimum absolute atomic E-state index is 0.0102. The van der Waals surface area contributed by atoms with E-state index in [-0.39, 0.29) is 12.1 Å². The third kappa shape index (κ3) is 3.51. The molecule has 6 nitrogen and oxygen atoms in total. The predicted octanol–water partition coefficient (Wildman–Crippen LogP) is 1.58. The van der Waals surface area contributed by atoms with Gasteiger partial charge >= 0.3 is 6.03 Å². The van der Waals surface area contributed by atoms with Gasteiger partial charge in [-0.3, -0.25) is 4.68 Å². The van der Waals surface area contributed by atoms with Crippen LogP contribution in [0.5, 0.6) is 0 Å². The minimum atomic E-state index is -0.0102. The summed E-state index contributed by atoms with van der Waals surface area (Å²) in [5, 5.41) is 11.1. The molecule has 2 aliphatic rings. The lowest BCUT2D eigenvalue weighted by atomic mass is 10.2. The molecule has 2 N–H and O–H groups in total. The molecule has 2 heterocycles. The maximum Gasteiger partial charge on any atom is 0.315 e. The van der Waals surface area contributed by atoms with E-state index in [9.17, 15) is 4.79 Å². The van der Waals surface area contributed by atoms with Crippen LogP contribution in [-0.2, 0) is 7.05 Å². The second-order valence-electron chi connectivity index (χ2n) is 6.23. The molecule has 2 amide bonds.